The molecule has 0 saturated carbocycles. The smallest absolute Gasteiger partial charge is 0.291 e. The van der Waals surface area contributed by atoms with E-state index in [4.69, 9.17) is 4.74 Å². The van der Waals surface area contributed by atoms with Gasteiger partial charge in [-0.15, -0.1) is 0 Å². The van der Waals surface area contributed by atoms with Crippen molar-refractivity contribution in [1.82, 2.24) is 4.90 Å². The second kappa shape index (κ2) is 9.06. The number of nitrogens with zero attached hydrogens (tertiary/aromatic N) is 1. The van der Waals surface area contributed by atoms with Gasteiger partial charge in [0.25, 0.3) is 5.91 Å². The first-order valence-corrected chi connectivity index (χ1v) is 10.4. The molecule has 6 heteroatoms. The number of methoxy groups -OCH3 is 1. The van der Waals surface area contributed by atoms with Crippen LogP contribution < -0.4 is 4.74 Å². The molecule has 1 amide bonds. The minimum Gasteiger partial charge on any atom is -0.508 e. The lowest BCUT2D eigenvalue weighted by Crippen LogP contribution is -2.32. The molecular formula is C26H23NO5. The average molecular weight is 429 g/mol. The number of carbonyl (C=O) groups is 3. The monoisotopic (exact) mass is 429 g/mol. The number of hydrogen-bond donors (Lipinski definition) is 1. The zero-order chi connectivity index (χ0) is 22.7. The Morgan fingerprint density at radius 2 is 1.69 bits per heavy atom. The molecule has 1 saturated heterocycles. The Kier molecular flexibility index (Phi) is 6.03. The van der Waals surface area contributed by atoms with Crippen LogP contribution >= 0.6 is 0 Å². The third-order valence-electron chi connectivity index (χ3n) is 5.76. The third kappa shape index (κ3) is 4.12. The molecule has 32 heavy (non-hydrogen) atoms. The molecule has 0 aliphatic carbocycles. The highest BCUT2D eigenvalue weighted by atomic mass is 16.5. The van der Waals surface area contributed by atoms with Gasteiger partial charge in [0.15, 0.2) is 5.78 Å². The highest BCUT2D eigenvalue weighted by Crippen LogP contribution is 2.39. The van der Waals surface area contributed by atoms with E-state index in [0.717, 1.165) is 5.56 Å². The van der Waals surface area contributed by atoms with Crippen LogP contribution in [0.1, 0.15) is 27.5 Å². The molecule has 1 fully saturated rings. The predicted molar refractivity (Wildman–Crippen MR) is 119 cm³/mol. The molecule has 2 atom stereocenters. The summed E-state index contributed by atoms with van der Waals surface area (Å²) in [7, 11) is 1.50. The molecule has 1 N–H and O–H groups in total. The molecule has 3 aromatic rings. The lowest BCUT2D eigenvalue weighted by Gasteiger charge is -2.27. The van der Waals surface area contributed by atoms with Crippen LogP contribution in [-0.4, -0.2) is 41.1 Å². The predicted octanol–water partition coefficient (Wildman–Crippen LogP) is 3.60. The Bertz CT molecular complexity index is 1140. The van der Waals surface area contributed by atoms with Crippen LogP contribution in [0.25, 0.3) is 0 Å². The molecule has 0 aromatic heterocycles. The van der Waals surface area contributed by atoms with Crippen molar-refractivity contribution >= 4 is 17.5 Å². The largest absolute Gasteiger partial charge is 0.508 e. The van der Waals surface area contributed by atoms with E-state index in [0.29, 0.717) is 29.8 Å². The number of ether oxygens (including phenoxy) is 1. The number of hydrogen-bond acceptors (Lipinski definition) is 5. The minimum atomic E-state index is -1.17. The standard InChI is InChI=1S/C26H23NO5/c1-32-21-9-5-8-19(16-21)24(29)22-23(18-10-12-20(28)13-11-18)27(26(31)25(22)30)15-14-17-6-3-2-4-7-17/h2-13,16,22-23,28H,14-15H2,1H3. The number of phenols is 1. The fourth-order valence-corrected chi connectivity index (χ4v) is 4.12. The maximum atomic E-state index is 13.4. The number of rotatable bonds is 7. The van der Waals surface area contributed by atoms with Crippen molar-refractivity contribution in [3.8, 4) is 11.5 Å². The van der Waals surface area contributed by atoms with Crippen molar-refractivity contribution in [2.75, 3.05) is 13.7 Å². The van der Waals surface area contributed by atoms with Crippen LogP contribution in [0.15, 0.2) is 78.9 Å². The van der Waals surface area contributed by atoms with Crippen molar-refractivity contribution in [3.05, 3.63) is 95.6 Å². The number of likely N-dealkylation sites (tertiary alicyclic amines) is 1. The lowest BCUT2D eigenvalue weighted by molar-refractivity contribution is -0.140. The summed E-state index contributed by atoms with van der Waals surface area (Å²) in [6.07, 6.45) is 0.550. The first-order chi connectivity index (χ1) is 15.5. The molecule has 0 spiro atoms. The molecule has 1 aliphatic rings. The minimum absolute atomic E-state index is 0.0657. The van der Waals surface area contributed by atoms with Gasteiger partial charge < -0.3 is 14.7 Å². The Labute approximate surface area is 186 Å². The second-order valence-electron chi connectivity index (χ2n) is 7.71. The van der Waals surface area contributed by atoms with Crippen LogP contribution in [0, 0.1) is 5.92 Å². The Morgan fingerprint density at radius 3 is 2.38 bits per heavy atom. The van der Waals surface area contributed by atoms with Crippen LogP contribution in [-0.2, 0) is 16.0 Å². The highest BCUT2D eigenvalue weighted by Gasteiger charge is 2.51. The molecule has 3 aromatic carbocycles. The van der Waals surface area contributed by atoms with Gasteiger partial charge in [0.1, 0.15) is 17.4 Å². The summed E-state index contributed by atoms with van der Waals surface area (Å²) in [5.74, 6) is -2.42. The zero-order valence-corrected chi connectivity index (χ0v) is 17.6. The van der Waals surface area contributed by atoms with E-state index in [2.05, 4.69) is 0 Å². The van der Waals surface area contributed by atoms with E-state index < -0.39 is 29.4 Å². The maximum Gasteiger partial charge on any atom is 0.291 e. The van der Waals surface area contributed by atoms with Gasteiger partial charge in [0.2, 0.25) is 5.78 Å². The topological polar surface area (TPSA) is 83.9 Å². The number of ketones is 2. The molecule has 0 radical (unpaired) electrons. The summed E-state index contributed by atoms with van der Waals surface area (Å²) in [6.45, 7) is 0.294. The summed E-state index contributed by atoms with van der Waals surface area (Å²) in [5, 5.41) is 9.70. The fourth-order valence-electron chi connectivity index (χ4n) is 4.12. The third-order valence-corrected chi connectivity index (χ3v) is 5.76. The molecule has 4 rings (SSSR count). The number of carbonyl (C=O) groups excluding carboxylic acids is 3. The molecular weight excluding hydrogens is 406 g/mol. The van der Waals surface area contributed by atoms with E-state index >= 15 is 0 Å². The highest BCUT2D eigenvalue weighted by molar-refractivity contribution is 6.44. The lowest BCUT2D eigenvalue weighted by atomic mass is 9.86. The summed E-state index contributed by atoms with van der Waals surface area (Å²) in [4.78, 5) is 41.0. The van der Waals surface area contributed by atoms with E-state index in [1.807, 2.05) is 30.3 Å². The molecule has 162 valence electrons. The van der Waals surface area contributed by atoms with Crippen molar-refractivity contribution in [2.45, 2.75) is 12.5 Å². The normalized spacial score (nSPS) is 18.1. The zero-order valence-electron chi connectivity index (χ0n) is 17.6. The van der Waals surface area contributed by atoms with Crippen molar-refractivity contribution in [3.63, 3.8) is 0 Å². The summed E-state index contributed by atoms with van der Waals surface area (Å²) in [6, 6.07) is 21.7. The average Bonchev–Trinajstić information content (AvgIpc) is 3.08. The van der Waals surface area contributed by atoms with Crippen molar-refractivity contribution in [2.24, 2.45) is 5.92 Å². The number of amides is 1. The summed E-state index contributed by atoms with van der Waals surface area (Å²) >= 11 is 0. The second-order valence-corrected chi connectivity index (χ2v) is 7.71. The Morgan fingerprint density at radius 1 is 0.969 bits per heavy atom. The van der Waals surface area contributed by atoms with Gasteiger partial charge in [-0.25, -0.2) is 0 Å². The first-order valence-electron chi connectivity index (χ1n) is 10.4. The number of aromatic hydroxyl groups is 1. The van der Waals surface area contributed by atoms with Gasteiger partial charge in [-0.1, -0.05) is 54.6 Å². The van der Waals surface area contributed by atoms with Gasteiger partial charge in [-0.3, -0.25) is 14.4 Å². The molecule has 0 bridgehead atoms. The van der Waals surface area contributed by atoms with Crippen LogP contribution in [0.5, 0.6) is 11.5 Å². The van der Waals surface area contributed by atoms with E-state index in [-0.39, 0.29) is 5.75 Å². The molecule has 1 heterocycles. The van der Waals surface area contributed by atoms with Gasteiger partial charge in [0, 0.05) is 12.1 Å². The van der Waals surface area contributed by atoms with Crippen molar-refractivity contribution < 1.29 is 24.2 Å². The maximum absolute atomic E-state index is 13.4. The van der Waals surface area contributed by atoms with Gasteiger partial charge in [0.05, 0.1) is 13.2 Å². The SMILES string of the molecule is COc1cccc(C(=O)C2C(=O)C(=O)N(CCc3ccccc3)C2c2ccc(O)cc2)c1. The van der Waals surface area contributed by atoms with E-state index in [9.17, 15) is 19.5 Å². The van der Waals surface area contributed by atoms with Crippen molar-refractivity contribution in [1.29, 1.82) is 0 Å². The molecule has 1 aliphatic heterocycles. The first kappa shape index (κ1) is 21.3. The van der Waals surface area contributed by atoms with E-state index in [1.54, 1.807) is 36.4 Å². The van der Waals surface area contributed by atoms with E-state index in [1.165, 1.54) is 24.1 Å². The van der Waals surface area contributed by atoms with Crippen LogP contribution in [0.4, 0.5) is 0 Å². The Hall–Kier alpha value is -3.93. The van der Waals surface area contributed by atoms with Gasteiger partial charge in [-0.2, -0.15) is 0 Å². The fraction of sp³-hybridized carbons (Fsp3) is 0.192. The molecule has 6 nitrogen and oxygen atoms in total. The summed E-state index contributed by atoms with van der Waals surface area (Å²) < 4.78 is 5.21. The number of benzene rings is 3. The van der Waals surface area contributed by atoms with Crippen LogP contribution in [0.2, 0.25) is 0 Å². The van der Waals surface area contributed by atoms with Gasteiger partial charge >= 0.3 is 0 Å². The van der Waals surface area contributed by atoms with Gasteiger partial charge in [-0.05, 0) is 41.8 Å². The summed E-state index contributed by atoms with van der Waals surface area (Å²) in [5.41, 5.74) is 1.96. The number of phenolic OH excluding ortho intramolecular Hbond substituents is 1. The van der Waals surface area contributed by atoms with Crippen LogP contribution in [0.3, 0.4) is 0 Å². The molecule has 2 unspecified atom stereocenters. The Balaban J connectivity index is 1.71. The quantitative estimate of drug-likeness (QED) is 0.353. The number of Topliss-reactive ketones (excluding diaryl/α,β-unsaturated/α-hetero) is 2.